The molecule has 128 valence electrons. The smallest absolute Gasteiger partial charge is 0.317 e. The standard InChI is InChI=1S/C18H28N2O3/c1-13(10-15-6-4-8-17(11-15)23-3)19-18(22)20-9-5-7-16(12-20)14(2)21/h4,6,8,11,13-14,16,21H,5,7,9-10,12H2,1-3H3,(H,19,22). The average molecular weight is 320 g/mol. The van der Waals surface area contributed by atoms with Crippen molar-refractivity contribution >= 4 is 6.03 Å². The van der Waals surface area contributed by atoms with E-state index in [1.807, 2.05) is 36.1 Å². The summed E-state index contributed by atoms with van der Waals surface area (Å²) in [6.07, 6.45) is 2.34. The molecule has 2 amide bonds. The summed E-state index contributed by atoms with van der Waals surface area (Å²) in [6, 6.07) is 7.91. The molecule has 1 aliphatic heterocycles. The summed E-state index contributed by atoms with van der Waals surface area (Å²) >= 11 is 0. The van der Waals surface area contributed by atoms with Crippen LogP contribution in [0, 0.1) is 5.92 Å². The second kappa shape index (κ2) is 8.20. The van der Waals surface area contributed by atoms with Crippen LogP contribution in [0.4, 0.5) is 4.79 Å². The fraction of sp³-hybridized carbons (Fsp3) is 0.611. The molecule has 5 nitrogen and oxygen atoms in total. The first-order valence-corrected chi connectivity index (χ1v) is 8.36. The highest BCUT2D eigenvalue weighted by Gasteiger charge is 2.26. The van der Waals surface area contributed by atoms with Gasteiger partial charge in [-0.25, -0.2) is 4.79 Å². The fourth-order valence-corrected chi connectivity index (χ4v) is 3.09. The summed E-state index contributed by atoms with van der Waals surface area (Å²) in [5.74, 6) is 1.01. The van der Waals surface area contributed by atoms with Crippen molar-refractivity contribution in [2.24, 2.45) is 5.92 Å². The molecule has 0 bridgehead atoms. The largest absolute Gasteiger partial charge is 0.497 e. The molecule has 1 saturated heterocycles. The second-order valence-electron chi connectivity index (χ2n) is 6.50. The minimum atomic E-state index is -0.361. The van der Waals surface area contributed by atoms with Crippen LogP contribution in [-0.2, 0) is 6.42 Å². The van der Waals surface area contributed by atoms with Gasteiger partial charge in [0.2, 0.25) is 0 Å². The van der Waals surface area contributed by atoms with Crippen LogP contribution in [0.3, 0.4) is 0 Å². The van der Waals surface area contributed by atoms with Crippen LogP contribution in [0.1, 0.15) is 32.3 Å². The number of nitrogens with zero attached hydrogens (tertiary/aromatic N) is 1. The summed E-state index contributed by atoms with van der Waals surface area (Å²) in [4.78, 5) is 14.2. The molecule has 3 atom stereocenters. The lowest BCUT2D eigenvalue weighted by Crippen LogP contribution is -2.49. The molecule has 1 heterocycles. The zero-order chi connectivity index (χ0) is 16.8. The van der Waals surface area contributed by atoms with Gasteiger partial charge in [-0.1, -0.05) is 12.1 Å². The molecule has 1 aromatic rings. The predicted octanol–water partition coefficient (Wildman–Crippen LogP) is 2.43. The topological polar surface area (TPSA) is 61.8 Å². The number of benzene rings is 1. The molecule has 0 spiro atoms. The van der Waals surface area contributed by atoms with Crippen molar-refractivity contribution in [3.8, 4) is 5.75 Å². The van der Waals surface area contributed by atoms with Gasteiger partial charge < -0.3 is 20.1 Å². The van der Waals surface area contributed by atoms with Gasteiger partial charge in [0.15, 0.2) is 0 Å². The summed E-state index contributed by atoms with van der Waals surface area (Å²) in [5.41, 5.74) is 1.14. The van der Waals surface area contributed by atoms with Gasteiger partial charge in [0.05, 0.1) is 13.2 Å². The number of nitrogens with one attached hydrogen (secondary N) is 1. The van der Waals surface area contributed by atoms with Gasteiger partial charge in [0, 0.05) is 25.0 Å². The summed E-state index contributed by atoms with van der Waals surface area (Å²) in [7, 11) is 1.65. The maximum atomic E-state index is 12.4. The number of piperidine rings is 1. The maximum absolute atomic E-state index is 12.4. The van der Waals surface area contributed by atoms with Crippen LogP contribution in [0.25, 0.3) is 0 Å². The van der Waals surface area contributed by atoms with Crippen molar-refractivity contribution in [1.82, 2.24) is 10.2 Å². The van der Waals surface area contributed by atoms with E-state index < -0.39 is 0 Å². The highest BCUT2D eigenvalue weighted by Crippen LogP contribution is 2.20. The van der Waals surface area contributed by atoms with Crippen LogP contribution in [0.15, 0.2) is 24.3 Å². The van der Waals surface area contributed by atoms with Gasteiger partial charge in [-0.05, 0) is 50.8 Å². The van der Waals surface area contributed by atoms with Crippen molar-refractivity contribution < 1.29 is 14.6 Å². The Morgan fingerprint density at radius 3 is 2.96 bits per heavy atom. The van der Waals surface area contributed by atoms with Crippen molar-refractivity contribution in [3.63, 3.8) is 0 Å². The minimum absolute atomic E-state index is 0.0363. The van der Waals surface area contributed by atoms with Crippen molar-refractivity contribution in [1.29, 1.82) is 0 Å². The lowest BCUT2D eigenvalue weighted by atomic mass is 9.94. The van der Waals surface area contributed by atoms with E-state index in [-0.39, 0.29) is 24.1 Å². The van der Waals surface area contributed by atoms with Crippen LogP contribution >= 0.6 is 0 Å². The highest BCUT2D eigenvalue weighted by atomic mass is 16.5. The van der Waals surface area contributed by atoms with Gasteiger partial charge in [0.1, 0.15) is 5.75 Å². The number of carbonyl (C=O) groups is 1. The van der Waals surface area contributed by atoms with Gasteiger partial charge in [-0.15, -0.1) is 0 Å². The molecule has 5 heteroatoms. The molecule has 0 aliphatic carbocycles. The quantitative estimate of drug-likeness (QED) is 0.876. The summed E-state index contributed by atoms with van der Waals surface area (Å²) < 4.78 is 5.23. The van der Waals surface area contributed by atoms with E-state index in [1.165, 1.54) is 0 Å². The first kappa shape index (κ1) is 17.6. The third-order valence-corrected chi connectivity index (χ3v) is 4.47. The van der Waals surface area contributed by atoms with Gasteiger partial charge in [-0.2, -0.15) is 0 Å². The normalized spacial score (nSPS) is 20.7. The number of hydrogen-bond donors (Lipinski definition) is 2. The maximum Gasteiger partial charge on any atom is 0.317 e. The molecule has 23 heavy (non-hydrogen) atoms. The zero-order valence-electron chi connectivity index (χ0n) is 14.3. The second-order valence-corrected chi connectivity index (χ2v) is 6.50. The van der Waals surface area contributed by atoms with E-state index in [0.29, 0.717) is 6.54 Å². The minimum Gasteiger partial charge on any atom is -0.497 e. The van der Waals surface area contributed by atoms with E-state index in [4.69, 9.17) is 4.74 Å². The van der Waals surface area contributed by atoms with Crippen LogP contribution < -0.4 is 10.1 Å². The number of hydrogen-bond acceptors (Lipinski definition) is 3. The molecule has 1 aromatic carbocycles. The Hall–Kier alpha value is -1.75. The van der Waals surface area contributed by atoms with Crippen molar-refractivity contribution in [2.45, 2.75) is 45.3 Å². The third-order valence-electron chi connectivity index (χ3n) is 4.47. The summed E-state index contributed by atoms with van der Waals surface area (Å²) in [6.45, 7) is 5.21. The van der Waals surface area contributed by atoms with E-state index in [2.05, 4.69) is 5.32 Å². The Morgan fingerprint density at radius 1 is 1.48 bits per heavy atom. The Kier molecular flexibility index (Phi) is 6.28. The number of methoxy groups -OCH3 is 1. The van der Waals surface area contributed by atoms with Gasteiger partial charge in [-0.3, -0.25) is 0 Å². The zero-order valence-corrected chi connectivity index (χ0v) is 14.3. The van der Waals surface area contributed by atoms with E-state index >= 15 is 0 Å². The van der Waals surface area contributed by atoms with Crippen LogP contribution in [0.5, 0.6) is 5.75 Å². The van der Waals surface area contributed by atoms with Gasteiger partial charge in [0.25, 0.3) is 0 Å². The van der Waals surface area contributed by atoms with Gasteiger partial charge >= 0.3 is 6.03 Å². The fourth-order valence-electron chi connectivity index (χ4n) is 3.09. The third kappa shape index (κ3) is 5.13. The molecule has 1 fully saturated rings. The number of ether oxygens (including phenoxy) is 1. The first-order valence-electron chi connectivity index (χ1n) is 8.36. The Morgan fingerprint density at radius 2 is 2.26 bits per heavy atom. The molecular formula is C18H28N2O3. The number of likely N-dealkylation sites (tertiary alicyclic amines) is 1. The number of aliphatic hydroxyl groups excluding tert-OH is 1. The Balaban J connectivity index is 1.86. The Bertz CT molecular complexity index is 519. The van der Waals surface area contributed by atoms with E-state index in [0.717, 1.165) is 37.1 Å². The number of aliphatic hydroxyl groups is 1. The first-order chi connectivity index (χ1) is 11.0. The molecule has 0 saturated carbocycles. The lowest BCUT2D eigenvalue weighted by molar-refractivity contribution is 0.0734. The molecule has 1 aliphatic rings. The molecule has 0 radical (unpaired) electrons. The number of carbonyl (C=O) groups excluding carboxylic acids is 1. The van der Waals surface area contributed by atoms with Crippen molar-refractivity contribution in [3.05, 3.63) is 29.8 Å². The molecule has 2 rings (SSSR count). The Labute approximate surface area is 138 Å². The highest BCUT2D eigenvalue weighted by molar-refractivity contribution is 5.74. The van der Waals surface area contributed by atoms with Crippen molar-refractivity contribution in [2.75, 3.05) is 20.2 Å². The molecule has 0 aromatic heterocycles. The molecule has 2 N–H and O–H groups in total. The number of rotatable bonds is 5. The average Bonchev–Trinajstić information content (AvgIpc) is 2.55. The monoisotopic (exact) mass is 320 g/mol. The number of amides is 2. The molecule has 3 unspecified atom stereocenters. The lowest BCUT2D eigenvalue weighted by Gasteiger charge is -2.34. The van der Waals surface area contributed by atoms with Crippen LogP contribution in [0.2, 0.25) is 0 Å². The SMILES string of the molecule is COc1cccc(CC(C)NC(=O)N2CCCC(C(C)O)C2)c1. The summed E-state index contributed by atoms with van der Waals surface area (Å²) in [5, 5.41) is 12.8. The van der Waals surface area contributed by atoms with Crippen LogP contribution in [-0.4, -0.2) is 48.4 Å². The predicted molar refractivity (Wildman–Crippen MR) is 90.7 cm³/mol. The van der Waals surface area contributed by atoms with E-state index in [1.54, 1.807) is 14.0 Å². The number of urea groups is 1. The van der Waals surface area contributed by atoms with E-state index in [9.17, 15) is 9.90 Å². The molecular weight excluding hydrogens is 292 g/mol.